The Morgan fingerprint density at radius 1 is 1.31 bits per heavy atom. The van der Waals surface area contributed by atoms with Crippen LogP contribution in [0.5, 0.6) is 0 Å². The predicted molar refractivity (Wildman–Crippen MR) is 60.7 cm³/mol. The van der Waals surface area contributed by atoms with Gasteiger partial charge < -0.3 is 0 Å². The summed E-state index contributed by atoms with van der Waals surface area (Å²) < 4.78 is 14.6. The zero-order chi connectivity index (χ0) is 10.4. The third-order valence-electron chi connectivity index (χ3n) is 2.38. The Labute approximate surface area is 110 Å². The molecule has 0 atom stereocenters. The molecule has 3 aromatic rings. The second-order valence-electron chi connectivity index (χ2n) is 3.39. The van der Waals surface area contributed by atoms with Crippen molar-refractivity contribution in [1.29, 1.82) is 0 Å². The van der Waals surface area contributed by atoms with Gasteiger partial charge in [0.2, 0.25) is 0 Å². The fourth-order valence-electron chi connectivity index (χ4n) is 1.74. The zero-order valence-corrected chi connectivity index (χ0v) is 11.6. The summed E-state index contributed by atoms with van der Waals surface area (Å²) >= 11 is 1.62. The van der Waals surface area contributed by atoms with Crippen LogP contribution in [-0.4, -0.2) is 4.98 Å². The largest absolute Gasteiger partial charge is 0.290 e. The summed E-state index contributed by atoms with van der Waals surface area (Å²) in [4.78, 5) is 4.40. The van der Waals surface area contributed by atoms with E-state index in [1.54, 1.807) is 23.5 Å². The molecule has 1 heterocycles. The Morgan fingerprint density at radius 2 is 2.12 bits per heavy atom. The standard InChI is InChI=1S/C12H7FNS.Ir/c1-7-14-12-9-3-2-4-10(13)8(9)5-6-11(12)15-7;/h2,4-6H,1H3;/q-1;. The summed E-state index contributed by atoms with van der Waals surface area (Å²) in [5.74, 6) is -0.212. The first-order chi connectivity index (χ1) is 7.25. The molecule has 1 nitrogen and oxygen atoms in total. The molecular weight excluding hydrogens is 401 g/mol. The molecule has 0 saturated heterocycles. The normalized spacial score (nSPS) is 10.6. The molecule has 3 rings (SSSR count). The van der Waals surface area contributed by atoms with Crippen molar-refractivity contribution in [2.75, 3.05) is 0 Å². The van der Waals surface area contributed by atoms with Gasteiger partial charge in [-0.3, -0.25) is 4.98 Å². The van der Waals surface area contributed by atoms with Crippen molar-refractivity contribution in [3.63, 3.8) is 0 Å². The average Bonchev–Trinajstić information content (AvgIpc) is 2.59. The summed E-state index contributed by atoms with van der Waals surface area (Å²) in [6, 6.07) is 9.79. The molecule has 0 unspecified atom stereocenters. The predicted octanol–water partition coefficient (Wildman–Crippen LogP) is 3.69. The van der Waals surface area contributed by atoms with Gasteiger partial charge in [0, 0.05) is 36.1 Å². The van der Waals surface area contributed by atoms with E-state index in [1.807, 2.05) is 13.0 Å². The Hall–Kier alpha value is -0.831. The number of aromatic nitrogens is 1. The second kappa shape index (κ2) is 4.21. The third-order valence-corrected chi connectivity index (χ3v) is 3.32. The molecule has 1 aromatic heterocycles. The van der Waals surface area contributed by atoms with E-state index in [2.05, 4.69) is 11.1 Å². The molecule has 0 aliphatic heterocycles. The van der Waals surface area contributed by atoms with Gasteiger partial charge in [-0.05, 0) is 6.92 Å². The molecule has 83 valence electrons. The second-order valence-corrected chi connectivity index (χ2v) is 4.63. The molecule has 0 bridgehead atoms. The van der Waals surface area contributed by atoms with Gasteiger partial charge in [0.05, 0.1) is 5.01 Å². The Kier molecular flexibility index (Phi) is 3.06. The van der Waals surface area contributed by atoms with Crippen molar-refractivity contribution in [3.05, 3.63) is 41.2 Å². The maximum absolute atomic E-state index is 13.5. The number of hydrogen-bond donors (Lipinski definition) is 0. The molecule has 0 aliphatic rings. The first-order valence-electron chi connectivity index (χ1n) is 4.62. The van der Waals surface area contributed by atoms with Crippen LogP contribution in [-0.2, 0) is 20.1 Å². The summed E-state index contributed by atoms with van der Waals surface area (Å²) in [6.45, 7) is 1.95. The molecular formula is C12H7FIrNS-. The number of nitrogens with zero attached hydrogens (tertiary/aromatic N) is 1. The number of thiazole rings is 1. The summed E-state index contributed by atoms with van der Waals surface area (Å²) in [5.41, 5.74) is 0.856. The van der Waals surface area contributed by atoms with Gasteiger partial charge in [-0.15, -0.1) is 34.9 Å². The van der Waals surface area contributed by atoms with Crippen molar-refractivity contribution < 1.29 is 24.5 Å². The van der Waals surface area contributed by atoms with Crippen molar-refractivity contribution in [2.45, 2.75) is 6.92 Å². The van der Waals surface area contributed by atoms with Gasteiger partial charge in [0.15, 0.2) is 0 Å². The number of aryl methyl sites for hydroxylation is 1. The fourth-order valence-corrected chi connectivity index (χ4v) is 2.57. The Balaban J connectivity index is 0.000000963. The van der Waals surface area contributed by atoms with Gasteiger partial charge in [-0.2, -0.15) is 0 Å². The van der Waals surface area contributed by atoms with Crippen molar-refractivity contribution in [2.24, 2.45) is 0 Å². The molecule has 4 heteroatoms. The van der Waals surface area contributed by atoms with E-state index < -0.39 is 0 Å². The van der Waals surface area contributed by atoms with Crippen molar-refractivity contribution in [1.82, 2.24) is 4.98 Å². The van der Waals surface area contributed by atoms with Crippen LogP contribution >= 0.6 is 11.3 Å². The first-order valence-corrected chi connectivity index (χ1v) is 5.43. The van der Waals surface area contributed by atoms with E-state index in [-0.39, 0.29) is 25.9 Å². The molecule has 0 N–H and O–H groups in total. The van der Waals surface area contributed by atoms with Crippen molar-refractivity contribution in [3.8, 4) is 0 Å². The van der Waals surface area contributed by atoms with E-state index in [1.165, 1.54) is 6.07 Å². The van der Waals surface area contributed by atoms with E-state index >= 15 is 0 Å². The molecule has 2 aromatic carbocycles. The van der Waals surface area contributed by atoms with Crippen LogP contribution < -0.4 is 0 Å². The van der Waals surface area contributed by atoms with Crippen LogP contribution in [0, 0.1) is 18.8 Å². The summed E-state index contributed by atoms with van der Waals surface area (Å²) in [5, 5.41) is 2.36. The minimum atomic E-state index is -0.212. The Morgan fingerprint density at radius 3 is 2.94 bits per heavy atom. The fraction of sp³-hybridized carbons (Fsp3) is 0.0833. The van der Waals surface area contributed by atoms with Crippen LogP contribution in [0.15, 0.2) is 24.3 Å². The maximum atomic E-state index is 13.5. The third kappa shape index (κ3) is 1.67. The van der Waals surface area contributed by atoms with Gasteiger partial charge in [0.25, 0.3) is 0 Å². The summed E-state index contributed by atoms with van der Waals surface area (Å²) in [6.07, 6.45) is 0. The molecule has 0 saturated carbocycles. The van der Waals surface area contributed by atoms with Crippen LogP contribution in [0.4, 0.5) is 4.39 Å². The molecule has 0 spiro atoms. The maximum Gasteiger partial charge on any atom is 0.0787 e. The van der Waals surface area contributed by atoms with Gasteiger partial charge in [-0.1, -0.05) is 17.5 Å². The number of hydrogen-bond acceptors (Lipinski definition) is 2. The van der Waals surface area contributed by atoms with E-state index in [4.69, 9.17) is 0 Å². The smallest absolute Gasteiger partial charge is 0.0787 e. The SMILES string of the molecule is Cc1nc2c(ccc3c(F)cc[c-]c32)s1.[Ir]. The monoisotopic (exact) mass is 409 g/mol. The number of fused-ring (bicyclic) bond motifs is 3. The number of rotatable bonds is 0. The average molecular weight is 408 g/mol. The summed E-state index contributed by atoms with van der Waals surface area (Å²) in [7, 11) is 0. The van der Waals surface area contributed by atoms with E-state index in [9.17, 15) is 4.39 Å². The van der Waals surface area contributed by atoms with Crippen molar-refractivity contribution >= 4 is 32.3 Å². The van der Waals surface area contributed by atoms with Gasteiger partial charge in [-0.25, -0.2) is 4.39 Å². The molecule has 0 fully saturated rings. The molecule has 16 heavy (non-hydrogen) atoms. The quantitative estimate of drug-likeness (QED) is 0.517. The zero-order valence-electron chi connectivity index (χ0n) is 8.38. The number of benzene rings is 2. The van der Waals surface area contributed by atoms with Crippen LogP contribution in [0.2, 0.25) is 0 Å². The first kappa shape index (κ1) is 11.6. The number of halogens is 1. The minimum Gasteiger partial charge on any atom is -0.290 e. The molecule has 0 amide bonds. The van der Waals surface area contributed by atoms with Crippen LogP contribution in [0.3, 0.4) is 0 Å². The van der Waals surface area contributed by atoms with Gasteiger partial charge >= 0.3 is 0 Å². The van der Waals surface area contributed by atoms with E-state index in [0.717, 1.165) is 20.6 Å². The molecule has 1 radical (unpaired) electrons. The van der Waals surface area contributed by atoms with Crippen LogP contribution in [0.1, 0.15) is 5.01 Å². The van der Waals surface area contributed by atoms with Crippen LogP contribution in [0.25, 0.3) is 21.0 Å². The molecule has 0 aliphatic carbocycles. The topological polar surface area (TPSA) is 12.9 Å². The van der Waals surface area contributed by atoms with Gasteiger partial charge in [0.1, 0.15) is 0 Å². The Bertz CT molecular complexity index is 662. The minimum absolute atomic E-state index is 0. The van der Waals surface area contributed by atoms with E-state index in [0.29, 0.717) is 5.39 Å².